The van der Waals surface area contributed by atoms with Crippen molar-refractivity contribution in [3.8, 4) is 0 Å². The van der Waals surface area contributed by atoms with Gasteiger partial charge >= 0.3 is 11.9 Å². The molecule has 0 bridgehead atoms. The third-order valence-electron chi connectivity index (χ3n) is 3.27. The number of carbonyl (C=O) groups excluding carboxylic acids is 1. The first-order valence-electron chi connectivity index (χ1n) is 5.79. The maximum atomic E-state index is 12.1. The number of carboxylic acids is 2. The van der Waals surface area contributed by atoms with Crippen molar-refractivity contribution in [1.82, 2.24) is 4.90 Å². The summed E-state index contributed by atoms with van der Waals surface area (Å²) in [7, 11) is 0. The molecule has 1 saturated heterocycles. The van der Waals surface area contributed by atoms with Crippen LogP contribution in [0.3, 0.4) is 0 Å². The Morgan fingerprint density at radius 3 is 2.42 bits per heavy atom. The Balaban J connectivity index is 2.13. The maximum Gasteiger partial charge on any atom is 0.309 e. The molecule has 0 saturated carbocycles. The van der Waals surface area contributed by atoms with Gasteiger partial charge in [0.1, 0.15) is 0 Å². The van der Waals surface area contributed by atoms with Crippen molar-refractivity contribution in [3.05, 3.63) is 22.4 Å². The monoisotopic (exact) mass is 283 g/mol. The molecular formula is C12H13NO5S. The molecule has 6 nitrogen and oxygen atoms in total. The van der Waals surface area contributed by atoms with Gasteiger partial charge < -0.3 is 15.1 Å². The first-order chi connectivity index (χ1) is 9.00. The Hall–Kier alpha value is -1.89. The SMILES string of the molecule is O=C(O)C1CCN(C(=O)c2cccs2)CC1C(=O)O. The number of amides is 1. The van der Waals surface area contributed by atoms with Gasteiger partial charge in [-0.05, 0) is 17.9 Å². The lowest BCUT2D eigenvalue weighted by molar-refractivity contribution is -0.156. The number of carbonyl (C=O) groups is 3. The molecule has 19 heavy (non-hydrogen) atoms. The molecule has 2 rings (SSSR count). The van der Waals surface area contributed by atoms with Crippen LogP contribution in [0.25, 0.3) is 0 Å². The first-order valence-corrected chi connectivity index (χ1v) is 6.67. The predicted octanol–water partition coefficient (Wildman–Crippen LogP) is 0.996. The molecule has 2 atom stereocenters. The highest BCUT2D eigenvalue weighted by atomic mass is 32.1. The van der Waals surface area contributed by atoms with Crippen molar-refractivity contribution in [2.75, 3.05) is 13.1 Å². The summed E-state index contributed by atoms with van der Waals surface area (Å²) in [4.78, 5) is 36.2. The van der Waals surface area contributed by atoms with Gasteiger partial charge in [-0.1, -0.05) is 6.07 Å². The van der Waals surface area contributed by atoms with E-state index in [1.165, 1.54) is 16.2 Å². The number of aliphatic carboxylic acids is 2. The van der Waals surface area contributed by atoms with E-state index in [9.17, 15) is 14.4 Å². The summed E-state index contributed by atoms with van der Waals surface area (Å²) in [5, 5.41) is 19.9. The molecule has 2 heterocycles. The third-order valence-corrected chi connectivity index (χ3v) is 4.12. The van der Waals surface area contributed by atoms with Crippen molar-refractivity contribution in [2.24, 2.45) is 11.8 Å². The highest BCUT2D eigenvalue weighted by molar-refractivity contribution is 7.12. The van der Waals surface area contributed by atoms with Crippen LogP contribution in [0.15, 0.2) is 17.5 Å². The van der Waals surface area contributed by atoms with Crippen LogP contribution in [0, 0.1) is 11.8 Å². The van der Waals surface area contributed by atoms with E-state index in [1.807, 2.05) is 0 Å². The lowest BCUT2D eigenvalue weighted by atomic mass is 9.85. The summed E-state index contributed by atoms with van der Waals surface area (Å²) in [5.41, 5.74) is 0. The highest BCUT2D eigenvalue weighted by Gasteiger charge is 2.40. The lowest BCUT2D eigenvalue weighted by Crippen LogP contribution is -2.48. The molecule has 1 aromatic heterocycles. The van der Waals surface area contributed by atoms with Gasteiger partial charge in [0.25, 0.3) is 5.91 Å². The largest absolute Gasteiger partial charge is 0.481 e. The first kappa shape index (κ1) is 13.5. The molecule has 0 radical (unpaired) electrons. The molecule has 7 heteroatoms. The quantitative estimate of drug-likeness (QED) is 0.862. The topological polar surface area (TPSA) is 94.9 Å². The summed E-state index contributed by atoms with van der Waals surface area (Å²) in [5.74, 6) is -4.49. The number of hydrogen-bond donors (Lipinski definition) is 2. The lowest BCUT2D eigenvalue weighted by Gasteiger charge is -2.34. The molecule has 1 aliphatic rings. The zero-order valence-corrected chi connectivity index (χ0v) is 10.8. The van der Waals surface area contributed by atoms with Crippen LogP contribution in [-0.4, -0.2) is 46.0 Å². The van der Waals surface area contributed by atoms with Gasteiger partial charge in [0.2, 0.25) is 0 Å². The van der Waals surface area contributed by atoms with Crippen LogP contribution < -0.4 is 0 Å². The standard InChI is InChI=1S/C12H13NO5S/c14-10(9-2-1-5-19-9)13-4-3-7(11(15)16)8(6-13)12(17)18/h1-2,5,7-8H,3-4,6H2,(H,15,16)(H,17,18). The van der Waals surface area contributed by atoms with E-state index in [-0.39, 0.29) is 25.4 Å². The Bertz CT molecular complexity index is 498. The molecule has 1 aromatic rings. The second-order valence-electron chi connectivity index (χ2n) is 4.41. The van der Waals surface area contributed by atoms with E-state index in [4.69, 9.17) is 10.2 Å². The van der Waals surface area contributed by atoms with Crippen molar-refractivity contribution >= 4 is 29.2 Å². The fourth-order valence-corrected chi connectivity index (χ4v) is 2.93. The molecule has 1 aliphatic heterocycles. The Labute approximate surface area is 113 Å². The second-order valence-corrected chi connectivity index (χ2v) is 5.35. The molecular weight excluding hydrogens is 270 g/mol. The van der Waals surface area contributed by atoms with Crippen LogP contribution in [0.4, 0.5) is 0 Å². The van der Waals surface area contributed by atoms with Crippen LogP contribution >= 0.6 is 11.3 Å². The fourth-order valence-electron chi connectivity index (χ4n) is 2.24. The van der Waals surface area contributed by atoms with E-state index in [0.29, 0.717) is 4.88 Å². The molecule has 102 valence electrons. The molecule has 2 unspecified atom stereocenters. The average molecular weight is 283 g/mol. The highest BCUT2D eigenvalue weighted by Crippen LogP contribution is 2.26. The second kappa shape index (κ2) is 5.40. The number of rotatable bonds is 3. The smallest absolute Gasteiger partial charge is 0.309 e. The van der Waals surface area contributed by atoms with Crippen LogP contribution in [0.2, 0.25) is 0 Å². The minimum atomic E-state index is -1.17. The van der Waals surface area contributed by atoms with E-state index >= 15 is 0 Å². The minimum Gasteiger partial charge on any atom is -0.481 e. The van der Waals surface area contributed by atoms with Gasteiger partial charge in [0.15, 0.2) is 0 Å². The van der Waals surface area contributed by atoms with Crippen molar-refractivity contribution in [1.29, 1.82) is 0 Å². The van der Waals surface area contributed by atoms with Gasteiger partial charge in [-0.25, -0.2) is 0 Å². The van der Waals surface area contributed by atoms with Crippen molar-refractivity contribution < 1.29 is 24.6 Å². The number of thiophene rings is 1. The Morgan fingerprint density at radius 2 is 1.89 bits per heavy atom. The van der Waals surface area contributed by atoms with Crippen LogP contribution in [0.5, 0.6) is 0 Å². The van der Waals surface area contributed by atoms with E-state index in [0.717, 1.165) is 0 Å². The normalized spacial score (nSPS) is 23.1. The predicted molar refractivity (Wildman–Crippen MR) is 67.1 cm³/mol. The van der Waals surface area contributed by atoms with Crippen molar-refractivity contribution in [2.45, 2.75) is 6.42 Å². The van der Waals surface area contributed by atoms with Gasteiger partial charge in [0.05, 0.1) is 16.7 Å². The van der Waals surface area contributed by atoms with Gasteiger partial charge in [0, 0.05) is 13.1 Å². The zero-order valence-electron chi connectivity index (χ0n) is 9.98. The van der Waals surface area contributed by atoms with E-state index in [2.05, 4.69) is 0 Å². The average Bonchev–Trinajstić information content (AvgIpc) is 2.90. The van der Waals surface area contributed by atoms with Gasteiger partial charge in [-0.3, -0.25) is 14.4 Å². The summed E-state index contributed by atoms with van der Waals surface area (Å²) >= 11 is 1.29. The molecule has 1 amide bonds. The Morgan fingerprint density at radius 1 is 1.21 bits per heavy atom. The Kier molecular flexibility index (Phi) is 3.84. The molecule has 0 spiro atoms. The summed E-state index contributed by atoms with van der Waals surface area (Å²) < 4.78 is 0. The number of nitrogens with zero attached hydrogens (tertiary/aromatic N) is 1. The molecule has 0 aromatic carbocycles. The number of piperidine rings is 1. The van der Waals surface area contributed by atoms with Crippen LogP contribution in [-0.2, 0) is 9.59 Å². The van der Waals surface area contributed by atoms with E-state index < -0.39 is 23.8 Å². The summed E-state index contributed by atoms with van der Waals surface area (Å²) in [6.45, 7) is 0.223. The van der Waals surface area contributed by atoms with Gasteiger partial charge in [-0.15, -0.1) is 11.3 Å². The molecule has 0 aliphatic carbocycles. The fraction of sp³-hybridized carbons (Fsp3) is 0.417. The van der Waals surface area contributed by atoms with E-state index in [1.54, 1.807) is 17.5 Å². The summed E-state index contributed by atoms with van der Waals surface area (Å²) in [6, 6.07) is 3.42. The summed E-state index contributed by atoms with van der Waals surface area (Å²) in [6.07, 6.45) is 0.170. The third kappa shape index (κ3) is 2.76. The zero-order chi connectivity index (χ0) is 14.0. The molecule has 1 fully saturated rings. The number of hydrogen-bond acceptors (Lipinski definition) is 4. The maximum absolute atomic E-state index is 12.1. The molecule has 2 N–H and O–H groups in total. The van der Waals surface area contributed by atoms with Crippen molar-refractivity contribution in [3.63, 3.8) is 0 Å². The number of carboxylic acid groups (broad SMARTS) is 2. The van der Waals surface area contributed by atoms with Gasteiger partial charge in [-0.2, -0.15) is 0 Å². The minimum absolute atomic E-state index is 0.0525. The number of likely N-dealkylation sites (tertiary alicyclic amines) is 1. The van der Waals surface area contributed by atoms with Crippen LogP contribution in [0.1, 0.15) is 16.1 Å².